The fourth-order valence-electron chi connectivity index (χ4n) is 2.08. The van der Waals surface area contributed by atoms with Crippen molar-refractivity contribution in [2.45, 2.75) is 13.5 Å². The van der Waals surface area contributed by atoms with Gasteiger partial charge in [-0.2, -0.15) is 0 Å². The molecule has 0 saturated heterocycles. The zero-order chi connectivity index (χ0) is 18.4. The Morgan fingerprint density at radius 3 is 2.56 bits per heavy atom. The van der Waals surface area contributed by atoms with Crippen LogP contribution in [0.4, 0.5) is 5.88 Å². The number of hydrogen-bond acceptors (Lipinski definition) is 8. The maximum Gasteiger partial charge on any atom is 0.346 e. The van der Waals surface area contributed by atoms with Crippen molar-refractivity contribution in [1.29, 1.82) is 0 Å². The normalized spacial score (nSPS) is 10.2. The summed E-state index contributed by atoms with van der Waals surface area (Å²) in [5.41, 5.74) is 6.60. The van der Waals surface area contributed by atoms with E-state index in [0.29, 0.717) is 17.2 Å². The lowest BCUT2D eigenvalue weighted by atomic mass is 10.2. The lowest BCUT2D eigenvalue weighted by Crippen LogP contribution is -2.28. The minimum atomic E-state index is -0.766. The van der Waals surface area contributed by atoms with E-state index in [4.69, 9.17) is 19.9 Å². The van der Waals surface area contributed by atoms with Gasteiger partial charge in [0.15, 0.2) is 18.1 Å². The lowest BCUT2D eigenvalue weighted by molar-refractivity contribution is -0.124. The van der Waals surface area contributed by atoms with Gasteiger partial charge in [-0.3, -0.25) is 4.79 Å². The van der Waals surface area contributed by atoms with Gasteiger partial charge in [-0.15, -0.1) is 0 Å². The highest BCUT2D eigenvalue weighted by molar-refractivity contribution is 5.96. The van der Waals surface area contributed by atoms with E-state index < -0.39 is 18.5 Å². The minimum Gasteiger partial charge on any atom is -0.493 e. The van der Waals surface area contributed by atoms with Crippen LogP contribution in [-0.4, -0.2) is 37.9 Å². The number of benzene rings is 1. The van der Waals surface area contributed by atoms with Crippen molar-refractivity contribution >= 4 is 17.8 Å². The number of hydrogen-bond donors (Lipinski definition) is 2. The minimum absolute atomic E-state index is 0.0210. The van der Waals surface area contributed by atoms with Gasteiger partial charge in [0.25, 0.3) is 5.91 Å². The summed E-state index contributed by atoms with van der Waals surface area (Å²) in [6, 6.07) is 5.26. The summed E-state index contributed by atoms with van der Waals surface area (Å²) < 4.78 is 19.9. The van der Waals surface area contributed by atoms with Crippen LogP contribution in [0.15, 0.2) is 22.7 Å². The number of ether oxygens (including phenoxy) is 3. The second-order valence-electron chi connectivity index (χ2n) is 5.05. The molecular weight excluding hydrogens is 330 g/mol. The van der Waals surface area contributed by atoms with E-state index in [1.165, 1.54) is 14.2 Å². The van der Waals surface area contributed by atoms with Crippen molar-refractivity contribution in [2.75, 3.05) is 26.6 Å². The van der Waals surface area contributed by atoms with Crippen molar-refractivity contribution in [3.05, 3.63) is 35.0 Å². The van der Waals surface area contributed by atoms with Crippen LogP contribution in [0, 0.1) is 6.92 Å². The fraction of sp³-hybridized carbons (Fsp3) is 0.312. The maximum atomic E-state index is 11.9. The van der Waals surface area contributed by atoms with Gasteiger partial charge in [-0.05, 0) is 24.6 Å². The van der Waals surface area contributed by atoms with E-state index in [0.717, 1.165) is 5.56 Å². The Kier molecular flexibility index (Phi) is 5.83. The molecular formula is C16H19N3O6. The molecule has 0 aliphatic carbocycles. The highest BCUT2D eigenvalue weighted by Gasteiger charge is 2.20. The summed E-state index contributed by atoms with van der Waals surface area (Å²) in [6.07, 6.45) is 0. The van der Waals surface area contributed by atoms with Crippen molar-refractivity contribution in [3.8, 4) is 11.5 Å². The van der Waals surface area contributed by atoms with Gasteiger partial charge in [0, 0.05) is 6.54 Å². The predicted octanol–water partition coefficient (Wildman–Crippen LogP) is 1.06. The Morgan fingerprint density at radius 1 is 1.24 bits per heavy atom. The molecule has 2 aromatic rings. The third-order valence-electron chi connectivity index (χ3n) is 3.37. The number of aromatic nitrogens is 1. The van der Waals surface area contributed by atoms with Gasteiger partial charge >= 0.3 is 5.97 Å². The van der Waals surface area contributed by atoms with Crippen LogP contribution in [0.1, 0.15) is 21.6 Å². The van der Waals surface area contributed by atoms with Gasteiger partial charge in [-0.1, -0.05) is 11.2 Å². The number of esters is 1. The van der Waals surface area contributed by atoms with Crippen LogP contribution in [0.5, 0.6) is 11.5 Å². The Hall–Kier alpha value is -3.23. The van der Waals surface area contributed by atoms with E-state index in [-0.39, 0.29) is 18.0 Å². The molecule has 1 aromatic heterocycles. The van der Waals surface area contributed by atoms with Crippen molar-refractivity contribution in [2.24, 2.45) is 0 Å². The number of anilines is 1. The zero-order valence-electron chi connectivity index (χ0n) is 14.1. The average molecular weight is 349 g/mol. The summed E-state index contributed by atoms with van der Waals surface area (Å²) in [5, 5.41) is 6.18. The van der Waals surface area contributed by atoms with E-state index >= 15 is 0 Å². The summed E-state index contributed by atoms with van der Waals surface area (Å²) in [7, 11) is 3.07. The fourth-order valence-corrected chi connectivity index (χ4v) is 2.08. The average Bonchev–Trinajstić information content (AvgIpc) is 2.96. The number of methoxy groups -OCH3 is 2. The topological polar surface area (TPSA) is 126 Å². The van der Waals surface area contributed by atoms with Crippen LogP contribution >= 0.6 is 0 Å². The molecule has 0 aliphatic heterocycles. The number of nitrogen functional groups attached to an aromatic ring is 1. The standard InChI is InChI=1S/C16H19N3O6/c1-9-14(15(17)25-19-9)16(21)24-8-13(20)18-7-10-4-5-11(22-2)12(6-10)23-3/h4-6H,7-8,17H2,1-3H3,(H,18,20). The second kappa shape index (κ2) is 8.04. The molecule has 0 fully saturated rings. The molecule has 2 rings (SSSR count). The van der Waals surface area contributed by atoms with Crippen molar-refractivity contribution in [3.63, 3.8) is 0 Å². The predicted molar refractivity (Wildman–Crippen MR) is 87.3 cm³/mol. The summed E-state index contributed by atoms with van der Waals surface area (Å²) in [4.78, 5) is 23.7. The molecule has 0 saturated carbocycles. The smallest absolute Gasteiger partial charge is 0.346 e. The quantitative estimate of drug-likeness (QED) is 0.711. The Labute approximate surface area is 144 Å². The largest absolute Gasteiger partial charge is 0.493 e. The SMILES string of the molecule is COc1ccc(CNC(=O)COC(=O)c2c(C)noc2N)cc1OC. The molecule has 3 N–H and O–H groups in total. The first-order valence-corrected chi connectivity index (χ1v) is 7.32. The number of aryl methyl sites for hydroxylation is 1. The number of nitrogens with zero attached hydrogens (tertiary/aromatic N) is 1. The van der Waals surface area contributed by atoms with Gasteiger partial charge in [0.2, 0.25) is 5.88 Å². The molecule has 1 heterocycles. The molecule has 0 aliphatic rings. The summed E-state index contributed by atoms with van der Waals surface area (Å²) in [6.45, 7) is 1.34. The van der Waals surface area contributed by atoms with Gasteiger partial charge in [0.1, 0.15) is 5.56 Å². The molecule has 134 valence electrons. The Morgan fingerprint density at radius 2 is 1.96 bits per heavy atom. The summed E-state index contributed by atoms with van der Waals surface area (Å²) in [5.74, 6) is -0.228. The number of amides is 1. The zero-order valence-corrected chi connectivity index (χ0v) is 14.1. The van der Waals surface area contributed by atoms with Gasteiger partial charge < -0.3 is 29.8 Å². The van der Waals surface area contributed by atoms with E-state index in [9.17, 15) is 9.59 Å². The van der Waals surface area contributed by atoms with Crippen molar-refractivity contribution < 1.29 is 28.3 Å². The number of nitrogens with two attached hydrogens (primary N) is 1. The second-order valence-corrected chi connectivity index (χ2v) is 5.05. The third kappa shape index (κ3) is 4.40. The van der Waals surface area contributed by atoms with Crippen molar-refractivity contribution in [1.82, 2.24) is 10.5 Å². The van der Waals surface area contributed by atoms with E-state index in [2.05, 4.69) is 15.0 Å². The van der Waals surface area contributed by atoms with Crippen LogP contribution in [0.2, 0.25) is 0 Å². The van der Waals surface area contributed by atoms with Gasteiger partial charge in [-0.25, -0.2) is 4.79 Å². The van der Waals surface area contributed by atoms with Crippen LogP contribution in [0.25, 0.3) is 0 Å². The molecule has 9 heteroatoms. The Bertz CT molecular complexity index is 752. The van der Waals surface area contributed by atoms with Crippen LogP contribution in [-0.2, 0) is 16.1 Å². The number of nitrogens with one attached hydrogen (secondary N) is 1. The van der Waals surface area contributed by atoms with Gasteiger partial charge in [0.05, 0.1) is 19.9 Å². The number of carbonyl (C=O) groups is 2. The maximum absolute atomic E-state index is 11.9. The Balaban J connectivity index is 1.86. The van der Waals surface area contributed by atoms with E-state index in [1.54, 1.807) is 25.1 Å². The first-order chi connectivity index (χ1) is 12.0. The monoisotopic (exact) mass is 349 g/mol. The highest BCUT2D eigenvalue weighted by atomic mass is 16.5. The van der Waals surface area contributed by atoms with E-state index in [1.807, 2.05) is 0 Å². The number of rotatable bonds is 7. The molecule has 9 nitrogen and oxygen atoms in total. The van der Waals surface area contributed by atoms with Crippen LogP contribution in [0.3, 0.4) is 0 Å². The van der Waals surface area contributed by atoms with Crippen LogP contribution < -0.4 is 20.5 Å². The molecule has 0 bridgehead atoms. The molecule has 25 heavy (non-hydrogen) atoms. The third-order valence-corrected chi connectivity index (χ3v) is 3.37. The molecule has 1 amide bonds. The first-order valence-electron chi connectivity index (χ1n) is 7.32. The molecule has 0 radical (unpaired) electrons. The molecule has 1 aromatic carbocycles. The lowest BCUT2D eigenvalue weighted by Gasteiger charge is -2.10. The molecule has 0 spiro atoms. The first kappa shape index (κ1) is 18.1. The number of carbonyl (C=O) groups excluding carboxylic acids is 2. The highest BCUT2D eigenvalue weighted by Crippen LogP contribution is 2.27. The molecule has 0 atom stereocenters. The summed E-state index contributed by atoms with van der Waals surface area (Å²) >= 11 is 0. The molecule has 0 unspecified atom stereocenters.